The number of hydrogen-bond donors (Lipinski definition) is 0. The van der Waals surface area contributed by atoms with Crippen molar-refractivity contribution in [2.75, 3.05) is 19.3 Å². The van der Waals surface area contributed by atoms with Crippen molar-refractivity contribution >= 4 is 11.8 Å². The van der Waals surface area contributed by atoms with E-state index in [2.05, 4.69) is 35.1 Å². The third-order valence-electron chi connectivity index (χ3n) is 3.37. The molecule has 96 valence electrons. The minimum Gasteiger partial charge on any atom is -0.339 e. The molecular weight excluding hydrogens is 234 g/mol. The highest BCUT2D eigenvalue weighted by atomic mass is 32.2. The van der Waals surface area contributed by atoms with E-state index in [1.54, 1.807) is 11.8 Å². The highest BCUT2D eigenvalue weighted by Gasteiger charge is 2.25. The average Bonchev–Trinajstić information content (AvgIpc) is 2.78. The van der Waals surface area contributed by atoms with Gasteiger partial charge in [0.15, 0.2) is 5.82 Å². The molecule has 0 saturated carbocycles. The molecule has 0 spiro atoms. The van der Waals surface area contributed by atoms with Crippen LogP contribution in [-0.4, -0.2) is 40.4 Å². The standard InChI is InChI=1S/C12H21N3OS/c1-9(2)15-6-4-10(5-7-15)12-13-11(8-17-3)14-16-12/h9-10H,4-8H2,1-3H3. The first kappa shape index (κ1) is 12.9. The summed E-state index contributed by atoms with van der Waals surface area (Å²) in [5.41, 5.74) is 0. The summed E-state index contributed by atoms with van der Waals surface area (Å²) in [4.78, 5) is 6.99. The van der Waals surface area contributed by atoms with E-state index in [1.807, 2.05) is 0 Å². The lowest BCUT2D eigenvalue weighted by molar-refractivity contribution is 0.160. The van der Waals surface area contributed by atoms with Crippen LogP contribution in [0.15, 0.2) is 4.52 Å². The molecule has 1 aliphatic heterocycles. The van der Waals surface area contributed by atoms with Gasteiger partial charge in [-0.2, -0.15) is 16.7 Å². The van der Waals surface area contributed by atoms with E-state index in [4.69, 9.17) is 4.52 Å². The van der Waals surface area contributed by atoms with E-state index in [0.717, 1.165) is 43.4 Å². The van der Waals surface area contributed by atoms with E-state index in [0.29, 0.717) is 12.0 Å². The molecule has 0 aromatic carbocycles. The molecular formula is C12H21N3OS. The normalized spacial score (nSPS) is 19.1. The molecule has 1 aliphatic rings. The van der Waals surface area contributed by atoms with E-state index >= 15 is 0 Å². The number of hydrogen-bond acceptors (Lipinski definition) is 5. The molecule has 0 amide bonds. The summed E-state index contributed by atoms with van der Waals surface area (Å²) in [6, 6.07) is 0.644. The van der Waals surface area contributed by atoms with E-state index in [9.17, 15) is 0 Å². The summed E-state index contributed by atoms with van der Waals surface area (Å²) in [5, 5.41) is 4.01. The second-order valence-electron chi connectivity index (χ2n) is 4.89. The smallest absolute Gasteiger partial charge is 0.229 e. The second-order valence-corrected chi connectivity index (χ2v) is 5.75. The van der Waals surface area contributed by atoms with Crippen LogP contribution < -0.4 is 0 Å². The molecule has 2 heterocycles. The van der Waals surface area contributed by atoms with E-state index in [-0.39, 0.29) is 0 Å². The number of aromatic nitrogens is 2. The molecule has 0 unspecified atom stereocenters. The Kier molecular flexibility index (Phi) is 4.45. The lowest BCUT2D eigenvalue weighted by atomic mass is 9.96. The predicted octanol–water partition coefficient (Wildman–Crippen LogP) is 2.52. The van der Waals surface area contributed by atoms with Gasteiger partial charge in [0.1, 0.15) is 0 Å². The highest BCUT2D eigenvalue weighted by molar-refractivity contribution is 7.97. The first-order valence-electron chi connectivity index (χ1n) is 6.26. The van der Waals surface area contributed by atoms with Gasteiger partial charge in [-0.3, -0.25) is 0 Å². The van der Waals surface area contributed by atoms with Crippen molar-refractivity contribution in [1.29, 1.82) is 0 Å². The van der Waals surface area contributed by atoms with Crippen molar-refractivity contribution in [2.24, 2.45) is 0 Å². The monoisotopic (exact) mass is 255 g/mol. The van der Waals surface area contributed by atoms with Crippen LogP contribution in [0.1, 0.15) is 44.3 Å². The molecule has 5 heteroatoms. The molecule has 1 aromatic heterocycles. The third-order valence-corrected chi connectivity index (χ3v) is 3.91. The van der Waals surface area contributed by atoms with Gasteiger partial charge in [0.05, 0.1) is 5.75 Å². The summed E-state index contributed by atoms with van der Waals surface area (Å²) >= 11 is 1.73. The van der Waals surface area contributed by atoms with Gasteiger partial charge in [-0.25, -0.2) is 0 Å². The van der Waals surface area contributed by atoms with Gasteiger partial charge >= 0.3 is 0 Å². The summed E-state index contributed by atoms with van der Waals surface area (Å²) in [6.07, 6.45) is 4.33. The molecule has 0 atom stereocenters. The summed E-state index contributed by atoms with van der Waals surface area (Å²) in [6.45, 7) is 6.79. The molecule has 0 aliphatic carbocycles. The lowest BCUT2D eigenvalue weighted by Gasteiger charge is -2.33. The average molecular weight is 255 g/mol. The van der Waals surface area contributed by atoms with Gasteiger partial charge in [-0.15, -0.1) is 0 Å². The lowest BCUT2D eigenvalue weighted by Crippen LogP contribution is -2.37. The molecule has 1 aromatic rings. The van der Waals surface area contributed by atoms with Crippen molar-refractivity contribution < 1.29 is 4.52 Å². The first-order valence-corrected chi connectivity index (χ1v) is 7.65. The fourth-order valence-electron chi connectivity index (χ4n) is 2.28. The Morgan fingerprint density at radius 3 is 2.71 bits per heavy atom. The predicted molar refractivity (Wildman–Crippen MR) is 70.2 cm³/mol. The third kappa shape index (κ3) is 3.22. The van der Waals surface area contributed by atoms with Crippen LogP contribution in [0.5, 0.6) is 0 Å². The van der Waals surface area contributed by atoms with Crippen LogP contribution in [-0.2, 0) is 5.75 Å². The van der Waals surface area contributed by atoms with Gasteiger partial charge in [0.25, 0.3) is 0 Å². The maximum atomic E-state index is 5.36. The zero-order chi connectivity index (χ0) is 12.3. The second kappa shape index (κ2) is 5.87. The number of likely N-dealkylation sites (tertiary alicyclic amines) is 1. The molecule has 1 fully saturated rings. The van der Waals surface area contributed by atoms with Crippen LogP contribution in [0.3, 0.4) is 0 Å². The van der Waals surface area contributed by atoms with Crippen molar-refractivity contribution in [3.05, 3.63) is 11.7 Å². The fourth-order valence-corrected chi connectivity index (χ4v) is 2.66. The zero-order valence-corrected chi connectivity index (χ0v) is 11.7. The van der Waals surface area contributed by atoms with Crippen molar-refractivity contribution in [1.82, 2.24) is 15.0 Å². The van der Waals surface area contributed by atoms with E-state index in [1.165, 1.54) is 0 Å². The van der Waals surface area contributed by atoms with Crippen molar-refractivity contribution in [3.8, 4) is 0 Å². The van der Waals surface area contributed by atoms with Crippen LogP contribution in [0.25, 0.3) is 0 Å². The van der Waals surface area contributed by atoms with Crippen LogP contribution >= 0.6 is 11.8 Å². The van der Waals surface area contributed by atoms with Crippen LogP contribution in [0.2, 0.25) is 0 Å². The topological polar surface area (TPSA) is 42.2 Å². The molecule has 4 nitrogen and oxygen atoms in total. The Hall–Kier alpha value is -0.550. The Bertz CT molecular complexity index is 345. The Labute approximate surface area is 107 Å². The van der Waals surface area contributed by atoms with Gasteiger partial charge in [-0.1, -0.05) is 5.16 Å². The maximum absolute atomic E-state index is 5.36. The van der Waals surface area contributed by atoms with Gasteiger partial charge in [0.2, 0.25) is 5.89 Å². The quantitative estimate of drug-likeness (QED) is 0.827. The number of thioether (sulfide) groups is 1. The molecule has 0 radical (unpaired) electrons. The number of nitrogens with zero attached hydrogens (tertiary/aromatic N) is 3. The Morgan fingerprint density at radius 2 is 2.12 bits per heavy atom. The number of piperidine rings is 1. The first-order chi connectivity index (χ1) is 8.20. The molecule has 0 bridgehead atoms. The highest BCUT2D eigenvalue weighted by Crippen LogP contribution is 2.27. The van der Waals surface area contributed by atoms with Crippen LogP contribution in [0, 0.1) is 0 Å². The van der Waals surface area contributed by atoms with Crippen LogP contribution in [0.4, 0.5) is 0 Å². The zero-order valence-electron chi connectivity index (χ0n) is 10.8. The number of rotatable bonds is 4. The Balaban J connectivity index is 1.91. The molecule has 0 N–H and O–H groups in total. The molecule has 1 saturated heterocycles. The van der Waals surface area contributed by atoms with Gasteiger partial charge in [0, 0.05) is 12.0 Å². The SMILES string of the molecule is CSCc1noc(C2CCN(C(C)C)CC2)n1. The minimum absolute atomic E-state index is 0.466. The summed E-state index contributed by atoms with van der Waals surface area (Å²) in [5.74, 6) is 2.98. The summed E-state index contributed by atoms with van der Waals surface area (Å²) < 4.78 is 5.36. The minimum atomic E-state index is 0.466. The largest absolute Gasteiger partial charge is 0.339 e. The summed E-state index contributed by atoms with van der Waals surface area (Å²) in [7, 11) is 0. The van der Waals surface area contributed by atoms with Crippen molar-refractivity contribution in [3.63, 3.8) is 0 Å². The van der Waals surface area contributed by atoms with Gasteiger partial charge in [-0.05, 0) is 46.0 Å². The Morgan fingerprint density at radius 1 is 1.41 bits per heavy atom. The molecule has 2 rings (SSSR count). The van der Waals surface area contributed by atoms with E-state index < -0.39 is 0 Å². The molecule has 17 heavy (non-hydrogen) atoms. The van der Waals surface area contributed by atoms with Crippen molar-refractivity contribution in [2.45, 2.75) is 44.4 Å². The fraction of sp³-hybridized carbons (Fsp3) is 0.833. The maximum Gasteiger partial charge on any atom is 0.229 e. The van der Waals surface area contributed by atoms with Gasteiger partial charge < -0.3 is 9.42 Å².